The minimum Gasteiger partial charge on any atom is -0.378 e. The second-order valence-corrected chi connectivity index (χ2v) is 5.14. The molecule has 0 spiro atoms. The molecule has 2 saturated heterocycles. The summed E-state index contributed by atoms with van der Waals surface area (Å²) in [5, 5.41) is 0. The van der Waals surface area contributed by atoms with Crippen LogP contribution in [0.4, 0.5) is 0 Å². The van der Waals surface area contributed by atoms with Gasteiger partial charge in [0, 0.05) is 13.1 Å². The lowest BCUT2D eigenvalue weighted by Crippen LogP contribution is -2.46. The topological polar surface area (TPSA) is 49.9 Å². The van der Waals surface area contributed by atoms with Gasteiger partial charge in [0.2, 0.25) is 11.8 Å². The summed E-state index contributed by atoms with van der Waals surface area (Å²) >= 11 is 6.32. The number of morpholine rings is 1. The summed E-state index contributed by atoms with van der Waals surface area (Å²) < 4.78 is 5.66. The Morgan fingerprint density at radius 1 is 1.44 bits per heavy atom. The van der Waals surface area contributed by atoms with E-state index in [9.17, 15) is 9.59 Å². The van der Waals surface area contributed by atoms with Gasteiger partial charge in [-0.05, 0) is 0 Å². The molecule has 2 aliphatic rings. The van der Waals surface area contributed by atoms with Crippen LogP contribution < -0.4 is 0 Å². The second kappa shape index (κ2) is 5.11. The molecule has 2 rings (SSSR count). The van der Waals surface area contributed by atoms with Crippen molar-refractivity contribution in [1.82, 2.24) is 9.80 Å². The first-order valence-electron chi connectivity index (χ1n) is 5.01. The maximum atomic E-state index is 11.9. The Balaban J connectivity index is 1.90. The van der Waals surface area contributed by atoms with E-state index in [1.54, 1.807) is 4.90 Å². The third kappa shape index (κ3) is 2.53. The van der Waals surface area contributed by atoms with E-state index >= 15 is 0 Å². The molecule has 7 heteroatoms. The molecule has 2 aliphatic heterocycles. The van der Waals surface area contributed by atoms with E-state index in [0.29, 0.717) is 36.4 Å². The standard InChI is InChI=1S/C9H12N2O3S2/c12-7(10-1-3-14-4-2-10)5-11-8(13)6-16-9(11)15/h1-6H2. The molecule has 5 nitrogen and oxygen atoms in total. The molecule has 2 heterocycles. The first-order chi connectivity index (χ1) is 7.68. The van der Waals surface area contributed by atoms with Crippen molar-refractivity contribution in [1.29, 1.82) is 0 Å². The SMILES string of the molecule is O=C(CN1C(=O)CSC1=S)N1CCOCC1. The quantitative estimate of drug-likeness (QED) is 0.638. The molecule has 0 aromatic carbocycles. The summed E-state index contributed by atoms with van der Waals surface area (Å²) in [7, 11) is 0. The van der Waals surface area contributed by atoms with E-state index in [2.05, 4.69) is 0 Å². The van der Waals surface area contributed by atoms with Crippen molar-refractivity contribution in [3.8, 4) is 0 Å². The van der Waals surface area contributed by atoms with E-state index in [4.69, 9.17) is 17.0 Å². The largest absolute Gasteiger partial charge is 0.378 e. The molecule has 0 aromatic heterocycles. The smallest absolute Gasteiger partial charge is 0.242 e. The van der Waals surface area contributed by atoms with Gasteiger partial charge in [0.05, 0.1) is 19.0 Å². The lowest BCUT2D eigenvalue weighted by molar-refractivity contribution is -0.139. The molecule has 0 radical (unpaired) electrons. The van der Waals surface area contributed by atoms with Crippen LogP contribution in [0.5, 0.6) is 0 Å². The minimum atomic E-state index is -0.0726. The normalized spacial score (nSPS) is 21.8. The number of carbonyl (C=O) groups is 2. The fourth-order valence-electron chi connectivity index (χ4n) is 1.58. The molecule has 0 unspecified atom stereocenters. The van der Waals surface area contributed by atoms with Crippen LogP contribution >= 0.6 is 24.0 Å². The average Bonchev–Trinajstić information content (AvgIpc) is 2.62. The Labute approximate surface area is 103 Å². The Hall–Kier alpha value is -0.660. The number of ether oxygens (including phenoxy) is 1. The highest BCUT2D eigenvalue weighted by Gasteiger charge is 2.30. The van der Waals surface area contributed by atoms with E-state index in [0.717, 1.165) is 0 Å². The van der Waals surface area contributed by atoms with Crippen LogP contribution in [0.25, 0.3) is 0 Å². The van der Waals surface area contributed by atoms with E-state index in [1.807, 2.05) is 0 Å². The molecule has 16 heavy (non-hydrogen) atoms. The van der Waals surface area contributed by atoms with Crippen LogP contribution in [-0.2, 0) is 14.3 Å². The number of amides is 2. The van der Waals surface area contributed by atoms with Gasteiger partial charge in [-0.3, -0.25) is 14.5 Å². The first-order valence-corrected chi connectivity index (χ1v) is 6.40. The van der Waals surface area contributed by atoms with Crippen molar-refractivity contribution in [3.05, 3.63) is 0 Å². The zero-order valence-electron chi connectivity index (χ0n) is 8.68. The molecule has 0 saturated carbocycles. The number of rotatable bonds is 2. The van der Waals surface area contributed by atoms with Crippen molar-refractivity contribution in [2.24, 2.45) is 0 Å². The predicted octanol–water partition coefficient (Wildman–Crippen LogP) is -0.294. The highest BCUT2D eigenvalue weighted by molar-refractivity contribution is 8.23. The summed E-state index contributed by atoms with van der Waals surface area (Å²) in [5.74, 6) is 0.230. The van der Waals surface area contributed by atoms with Crippen LogP contribution in [0, 0.1) is 0 Å². The molecule has 0 bridgehead atoms. The van der Waals surface area contributed by atoms with E-state index in [1.165, 1.54) is 16.7 Å². The van der Waals surface area contributed by atoms with Crippen molar-refractivity contribution < 1.29 is 14.3 Å². The number of hydrogen-bond acceptors (Lipinski definition) is 5. The Kier molecular flexibility index (Phi) is 3.78. The fraction of sp³-hybridized carbons (Fsp3) is 0.667. The van der Waals surface area contributed by atoms with Crippen LogP contribution in [0.1, 0.15) is 0 Å². The molecule has 0 N–H and O–H groups in total. The maximum absolute atomic E-state index is 11.9. The summed E-state index contributed by atoms with van der Waals surface area (Å²) in [6.07, 6.45) is 0. The van der Waals surface area contributed by atoms with Gasteiger partial charge in [-0.2, -0.15) is 0 Å². The highest BCUT2D eigenvalue weighted by atomic mass is 32.2. The minimum absolute atomic E-state index is 0.0542. The van der Waals surface area contributed by atoms with Gasteiger partial charge in [0.25, 0.3) is 0 Å². The summed E-state index contributed by atoms with van der Waals surface area (Å²) in [4.78, 5) is 26.4. The molecular formula is C9H12N2O3S2. The molecular weight excluding hydrogens is 248 g/mol. The molecule has 0 atom stereocenters. The number of thiocarbonyl (C=S) groups is 1. The van der Waals surface area contributed by atoms with Crippen LogP contribution in [0.15, 0.2) is 0 Å². The van der Waals surface area contributed by atoms with E-state index in [-0.39, 0.29) is 18.4 Å². The number of carbonyl (C=O) groups excluding carboxylic acids is 2. The predicted molar refractivity (Wildman–Crippen MR) is 64.2 cm³/mol. The van der Waals surface area contributed by atoms with Gasteiger partial charge < -0.3 is 9.64 Å². The zero-order chi connectivity index (χ0) is 11.5. The van der Waals surface area contributed by atoms with Crippen molar-refractivity contribution in [3.63, 3.8) is 0 Å². The molecule has 88 valence electrons. The fourth-order valence-corrected chi connectivity index (χ4v) is 2.65. The van der Waals surface area contributed by atoms with Crippen LogP contribution in [0.3, 0.4) is 0 Å². The lowest BCUT2D eigenvalue weighted by Gasteiger charge is -2.28. The van der Waals surface area contributed by atoms with E-state index < -0.39 is 0 Å². The Morgan fingerprint density at radius 2 is 2.12 bits per heavy atom. The van der Waals surface area contributed by atoms with Crippen molar-refractivity contribution >= 4 is 40.1 Å². The Bertz CT molecular complexity index is 313. The molecule has 0 aromatic rings. The Morgan fingerprint density at radius 3 is 2.69 bits per heavy atom. The maximum Gasteiger partial charge on any atom is 0.242 e. The second-order valence-electron chi connectivity index (χ2n) is 3.53. The number of thioether (sulfide) groups is 1. The van der Waals surface area contributed by atoms with Gasteiger partial charge in [-0.1, -0.05) is 24.0 Å². The van der Waals surface area contributed by atoms with Gasteiger partial charge in [0.15, 0.2) is 0 Å². The first kappa shape index (κ1) is 11.8. The lowest BCUT2D eigenvalue weighted by atomic mass is 10.4. The molecule has 2 amide bonds. The van der Waals surface area contributed by atoms with Crippen LogP contribution in [0.2, 0.25) is 0 Å². The van der Waals surface area contributed by atoms with Crippen molar-refractivity contribution in [2.75, 3.05) is 38.6 Å². The summed E-state index contributed by atoms with van der Waals surface area (Å²) in [6, 6.07) is 0. The monoisotopic (exact) mass is 260 g/mol. The third-order valence-electron chi connectivity index (χ3n) is 2.50. The van der Waals surface area contributed by atoms with Gasteiger partial charge >= 0.3 is 0 Å². The summed E-state index contributed by atoms with van der Waals surface area (Å²) in [6.45, 7) is 2.41. The average molecular weight is 260 g/mol. The van der Waals surface area contributed by atoms with Gasteiger partial charge in [-0.25, -0.2) is 0 Å². The molecule has 0 aliphatic carbocycles. The number of nitrogens with zero attached hydrogens (tertiary/aromatic N) is 2. The van der Waals surface area contributed by atoms with Gasteiger partial charge in [-0.15, -0.1) is 0 Å². The zero-order valence-corrected chi connectivity index (χ0v) is 10.3. The molecule has 2 fully saturated rings. The van der Waals surface area contributed by atoms with Crippen LogP contribution in [-0.4, -0.2) is 64.5 Å². The number of hydrogen-bond donors (Lipinski definition) is 0. The summed E-state index contributed by atoms with van der Waals surface area (Å²) in [5.41, 5.74) is 0. The third-order valence-corrected chi connectivity index (χ3v) is 3.93. The highest BCUT2D eigenvalue weighted by Crippen LogP contribution is 2.19. The van der Waals surface area contributed by atoms with Crippen molar-refractivity contribution in [2.45, 2.75) is 0 Å². The van der Waals surface area contributed by atoms with Gasteiger partial charge in [0.1, 0.15) is 10.9 Å².